The number of rotatable bonds is 3. The van der Waals surface area contributed by atoms with Crippen LogP contribution in [0.5, 0.6) is 0 Å². The number of nitrogens with zero attached hydrogens (tertiary/aromatic N) is 3. The molecule has 0 unspecified atom stereocenters. The Kier molecular flexibility index (Phi) is 4.47. The molecule has 27 heavy (non-hydrogen) atoms. The van der Waals surface area contributed by atoms with E-state index >= 15 is 0 Å². The van der Waals surface area contributed by atoms with Crippen molar-refractivity contribution in [2.75, 3.05) is 23.3 Å². The summed E-state index contributed by atoms with van der Waals surface area (Å²) in [6.07, 6.45) is 6.73. The van der Waals surface area contributed by atoms with Crippen LogP contribution in [0.2, 0.25) is 0 Å². The van der Waals surface area contributed by atoms with Crippen LogP contribution in [0.4, 0.5) is 20.3 Å². The highest BCUT2D eigenvalue weighted by molar-refractivity contribution is 6.07. The molecule has 1 fully saturated rings. The molecule has 1 aliphatic rings. The fraction of sp³-hybridized carbons (Fsp3) is 0.316. The Bertz CT molecular complexity index is 978. The summed E-state index contributed by atoms with van der Waals surface area (Å²) in [6.45, 7) is 4.10. The van der Waals surface area contributed by atoms with Gasteiger partial charge in [-0.15, -0.1) is 0 Å². The van der Waals surface area contributed by atoms with Crippen LogP contribution in [-0.2, 0) is 0 Å². The van der Waals surface area contributed by atoms with E-state index < -0.39 is 17.5 Å². The second-order valence-electron chi connectivity index (χ2n) is 6.90. The minimum Gasteiger partial charge on any atom is -0.359 e. The predicted octanol–water partition coefficient (Wildman–Crippen LogP) is 3.72. The number of aromatic amines is 1. The molecule has 0 atom stereocenters. The number of hydrogen-bond acceptors (Lipinski definition) is 4. The van der Waals surface area contributed by atoms with Gasteiger partial charge in [-0.25, -0.2) is 18.7 Å². The van der Waals surface area contributed by atoms with Gasteiger partial charge in [-0.2, -0.15) is 0 Å². The van der Waals surface area contributed by atoms with Gasteiger partial charge in [0, 0.05) is 30.7 Å². The number of aromatic nitrogens is 3. The van der Waals surface area contributed by atoms with Crippen molar-refractivity contribution < 1.29 is 13.6 Å². The van der Waals surface area contributed by atoms with Crippen molar-refractivity contribution in [3.05, 3.63) is 48.1 Å². The summed E-state index contributed by atoms with van der Waals surface area (Å²) in [4.78, 5) is 25.9. The lowest BCUT2D eigenvalue weighted by molar-refractivity contribution is 0.102. The van der Waals surface area contributed by atoms with Crippen LogP contribution in [-0.4, -0.2) is 33.9 Å². The summed E-state index contributed by atoms with van der Waals surface area (Å²) in [7, 11) is 0. The lowest BCUT2D eigenvalue weighted by atomic mass is 9.99. The van der Waals surface area contributed by atoms with Gasteiger partial charge in [0.15, 0.2) is 11.6 Å². The fourth-order valence-electron chi connectivity index (χ4n) is 3.25. The van der Waals surface area contributed by atoms with Gasteiger partial charge in [0.1, 0.15) is 11.5 Å². The third kappa shape index (κ3) is 3.47. The quantitative estimate of drug-likeness (QED) is 0.736. The molecule has 6 nitrogen and oxygen atoms in total. The van der Waals surface area contributed by atoms with Crippen molar-refractivity contribution in [3.8, 4) is 0 Å². The van der Waals surface area contributed by atoms with Crippen LogP contribution in [0, 0.1) is 17.6 Å². The second kappa shape index (κ2) is 6.94. The Hall–Kier alpha value is -3.03. The SMILES string of the molecule is CC1CCN(c2cnc(C(=O)Nc3c[nH]c4cc(F)c(F)cc34)cn2)CC1. The predicted molar refractivity (Wildman–Crippen MR) is 98.8 cm³/mol. The second-order valence-corrected chi connectivity index (χ2v) is 6.90. The normalized spacial score (nSPS) is 15.3. The van der Waals surface area contributed by atoms with Crippen LogP contribution in [0.15, 0.2) is 30.7 Å². The molecule has 0 radical (unpaired) electrons. The van der Waals surface area contributed by atoms with E-state index in [0.717, 1.165) is 43.9 Å². The minimum atomic E-state index is -0.974. The molecule has 0 spiro atoms. The van der Waals surface area contributed by atoms with Gasteiger partial charge in [0.05, 0.1) is 23.6 Å². The van der Waals surface area contributed by atoms with Crippen molar-refractivity contribution >= 4 is 28.3 Å². The van der Waals surface area contributed by atoms with E-state index in [1.165, 1.54) is 12.4 Å². The fourth-order valence-corrected chi connectivity index (χ4v) is 3.25. The molecule has 0 bridgehead atoms. The van der Waals surface area contributed by atoms with Crippen molar-refractivity contribution in [3.63, 3.8) is 0 Å². The molecular weight excluding hydrogens is 352 g/mol. The maximum absolute atomic E-state index is 13.5. The summed E-state index contributed by atoms with van der Waals surface area (Å²) in [5.41, 5.74) is 0.899. The van der Waals surface area contributed by atoms with Gasteiger partial charge in [-0.3, -0.25) is 4.79 Å². The Balaban J connectivity index is 1.49. The highest BCUT2D eigenvalue weighted by atomic mass is 19.2. The third-order valence-electron chi connectivity index (χ3n) is 4.95. The first-order valence-electron chi connectivity index (χ1n) is 8.86. The standard InChI is InChI=1S/C19H19F2N5O/c1-11-2-4-26(5-3-11)18-10-23-17(9-24-18)19(27)25-16-8-22-15-7-14(21)13(20)6-12(15)16/h6-11,22H,2-5H2,1H3,(H,25,27). The van der Waals surface area contributed by atoms with E-state index in [-0.39, 0.29) is 5.69 Å². The number of hydrogen-bond donors (Lipinski definition) is 2. The molecule has 0 saturated carbocycles. The first kappa shape index (κ1) is 17.4. The highest BCUT2D eigenvalue weighted by Crippen LogP contribution is 2.26. The van der Waals surface area contributed by atoms with E-state index in [9.17, 15) is 13.6 Å². The number of anilines is 2. The van der Waals surface area contributed by atoms with Gasteiger partial charge >= 0.3 is 0 Å². The molecule has 140 valence electrons. The number of carbonyl (C=O) groups is 1. The van der Waals surface area contributed by atoms with Gasteiger partial charge in [-0.1, -0.05) is 6.92 Å². The summed E-state index contributed by atoms with van der Waals surface area (Å²) in [5, 5.41) is 3.04. The van der Waals surface area contributed by atoms with Crippen LogP contribution in [0.25, 0.3) is 10.9 Å². The number of nitrogens with one attached hydrogen (secondary N) is 2. The van der Waals surface area contributed by atoms with E-state index in [0.29, 0.717) is 22.5 Å². The first-order chi connectivity index (χ1) is 13.0. The highest BCUT2D eigenvalue weighted by Gasteiger charge is 2.18. The number of carbonyl (C=O) groups excluding carboxylic acids is 1. The van der Waals surface area contributed by atoms with Crippen LogP contribution in [0.3, 0.4) is 0 Å². The Morgan fingerprint density at radius 3 is 2.63 bits per heavy atom. The third-order valence-corrected chi connectivity index (χ3v) is 4.95. The maximum Gasteiger partial charge on any atom is 0.275 e. The Morgan fingerprint density at radius 1 is 1.19 bits per heavy atom. The van der Waals surface area contributed by atoms with Gasteiger partial charge in [0.2, 0.25) is 0 Å². The average molecular weight is 371 g/mol. The summed E-state index contributed by atoms with van der Waals surface area (Å²) >= 11 is 0. The van der Waals surface area contributed by atoms with Crippen molar-refractivity contribution in [1.29, 1.82) is 0 Å². The largest absolute Gasteiger partial charge is 0.359 e. The molecule has 2 N–H and O–H groups in total. The number of fused-ring (bicyclic) bond motifs is 1. The van der Waals surface area contributed by atoms with Crippen molar-refractivity contribution in [2.45, 2.75) is 19.8 Å². The Labute approximate surface area is 154 Å². The summed E-state index contributed by atoms with van der Waals surface area (Å²) in [5.74, 6) is -0.919. The molecule has 3 aromatic rings. The van der Waals surface area contributed by atoms with E-state index in [1.54, 1.807) is 6.20 Å². The number of halogens is 2. The molecule has 2 aromatic heterocycles. The van der Waals surface area contributed by atoms with Crippen LogP contribution in [0.1, 0.15) is 30.3 Å². The smallest absolute Gasteiger partial charge is 0.275 e. The Morgan fingerprint density at radius 2 is 1.93 bits per heavy atom. The zero-order chi connectivity index (χ0) is 19.0. The average Bonchev–Trinajstić information content (AvgIpc) is 3.04. The molecule has 1 aliphatic heterocycles. The monoisotopic (exact) mass is 371 g/mol. The minimum absolute atomic E-state index is 0.154. The molecule has 1 aromatic carbocycles. The molecular formula is C19H19F2N5O. The van der Waals surface area contributed by atoms with Gasteiger partial charge in [-0.05, 0) is 24.8 Å². The molecule has 1 saturated heterocycles. The molecule has 4 rings (SSSR count). The first-order valence-corrected chi connectivity index (χ1v) is 8.86. The molecule has 1 amide bonds. The molecule has 8 heteroatoms. The molecule has 3 heterocycles. The number of amides is 1. The zero-order valence-corrected chi connectivity index (χ0v) is 14.8. The van der Waals surface area contributed by atoms with E-state index in [2.05, 4.69) is 32.1 Å². The van der Waals surface area contributed by atoms with Gasteiger partial charge < -0.3 is 15.2 Å². The number of benzene rings is 1. The van der Waals surface area contributed by atoms with Gasteiger partial charge in [0.25, 0.3) is 5.91 Å². The van der Waals surface area contributed by atoms with Crippen molar-refractivity contribution in [1.82, 2.24) is 15.0 Å². The summed E-state index contributed by atoms with van der Waals surface area (Å²) < 4.78 is 26.8. The number of piperidine rings is 1. The lowest BCUT2D eigenvalue weighted by Gasteiger charge is -2.30. The van der Waals surface area contributed by atoms with E-state index in [4.69, 9.17) is 0 Å². The number of H-pyrrole nitrogens is 1. The lowest BCUT2D eigenvalue weighted by Crippen LogP contribution is -2.33. The molecule has 0 aliphatic carbocycles. The van der Waals surface area contributed by atoms with Crippen LogP contribution >= 0.6 is 0 Å². The maximum atomic E-state index is 13.5. The topological polar surface area (TPSA) is 73.9 Å². The van der Waals surface area contributed by atoms with E-state index in [1.807, 2.05) is 0 Å². The van der Waals surface area contributed by atoms with Crippen LogP contribution < -0.4 is 10.2 Å². The zero-order valence-electron chi connectivity index (χ0n) is 14.8. The van der Waals surface area contributed by atoms with Crippen molar-refractivity contribution in [2.24, 2.45) is 5.92 Å². The summed E-state index contributed by atoms with van der Waals surface area (Å²) in [6, 6.07) is 2.09.